The lowest BCUT2D eigenvalue weighted by Crippen LogP contribution is -2.36. The quantitative estimate of drug-likeness (QED) is 0.626. The van der Waals surface area contributed by atoms with E-state index in [0.717, 1.165) is 42.9 Å². The van der Waals surface area contributed by atoms with E-state index in [1.165, 1.54) is 4.80 Å². The highest BCUT2D eigenvalue weighted by Crippen LogP contribution is 2.28. The molecule has 1 fully saturated rings. The first-order chi connectivity index (χ1) is 14.7. The molecule has 0 saturated carbocycles. The zero-order chi connectivity index (χ0) is 20.8. The zero-order valence-corrected chi connectivity index (χ0v) is 16.8. The van der Waals surface area contributed by atoms with Gasteiger partial charge in [0.25, 0.3) is 0 Å². The predicted octanol–water partition coefficient (Wildman–Crippen LogP) is 2.72. The Labute approximate surface area is 175 Å². The predicted molar refractivity (Wildman–Crippen MR) is 115 cm³/mol. The van der Waals surface area contributed by atoms with E-state index in [9.17, 15) is 9.90 Å². The molecule has 3 aromatic rings. The number of aliphatic hydroxyl groups is 1. The Kier molecular flexibility index (Phi) is 6.34. The summed E-state index contributed by atoms with van der Waals surface area (Å²) in [7, 11) is 0. The van der Waals surface area contributed by atoms with Crippen molar-refractivity contribution in [3.8, 4) is 11.4 Å². The van der Waals surface area contributed by atoms with Crippen molar-refractivity contribution in [1.29, 1.82) is 0 Å². The van der Waals surface area contributed by atoms with Crippen LogP contribution in [0.25, 0.3) is 11.4 Å². The van der Waals surface area contributed by atoms with Crippen molar-refractivity contribution in [2.45, 2.75) is 38.3 Å². The van der Waals surface area contributed by atoms with E-state index in [0.29, 0.717) is 25.2 Å². The molecular formula is C22H26N6O2. The van der Waals surface area contributed by atoms with Crippen molar-refractivity contribution >= 4 is 17.3 Å². The van der Waals surface area contributed by atoms with Gasteiger partial charge in [0.05, 0.1) is 24.0 Å². The number of para-hydroxylation sites is 2. The molecule has 0 unspecified atom stereocenters. The second-order valence-corrected chi connectivity index (χ2v) is 7.46. The number of aliphatic hydroxyl groups excluding tert-OH is 1. The Morgan fingerprint density at radius 3 is 2.60 bits per heavy atom. The minimum atomic E-state index is -0.226. The molecule has 2 heterocycles. The van der Waals surface area contributed by atoms with E-state index in [1.807, 2.05) is 54.6 Å². The number of nitrogens with one attached hydrogen (secondary N) is 1. The Balaban J connectivity index is 1.29. The van der Waals surface area contributed by atoms with Crippen LogP contribution in [0.3, 0.4) is 0 Å². The molecule has 0 aliphatic carbocycles. The van der Waals surface area contributed by atoms with E-state index in [2.05, 4.69) is 25.6 Å². The highest BCUT2D eigenvalue weighted by molar-refractivity contribution is 5.94. The van der Waals surface area contributed by atoms with Gasteiger partial charge in [-0.1, -0.05) is 42.5 Å². The molecule has 1 aliphatic heterocycles. The maximum atomic E-state index is 12.5. The maximum absolute atomic E-state index is 12.5. The Morgan fingerprint density at radius 1 is 1.07 bits per heavy atom. The van der Waals surface area contributed by atoms with Gasteiger partial charge in [0.1, 0.15) is 0 Å². The lowest BCUT2D eigenvalue weighted by atomic mass is 10.1. The summed E-state index contributed by atoms with van der Waals surface area (Å²) >= 11 is 0. The van der Waals surface area contributed by atoms with Gasteiger partial charge in [0.2, 0.25) is 11.7 Å². The van der Waals surface area contributed by atoms with Crippen molar-refractivity contribution in [3.05, 3.63) is 54.6 Å². The monoisotopic (exact) mass is 406 g/mol. The first-order valence-corrected chi connectivity index (χ1v) is 10.3. The van der Waals surface area contributed by atoms with Gasteiger partial charge in [-0.25, -0.2) is 0 Å². The van der Waals surface area contributed by atoms with Crippen LogP contribution < -0.4 is 10.2 Å². The zero-order valence-electron chi connectivity index (χ0n) is 16.8. The third kappa shape index (κ3) is 5.01. The molecule has 4 rings (SSSR count). The van der Waals surface area contributed by atoms with Crippen molar-refractivity contribution in [2.24, 2.45) is 0 Å². The number of nitrogens with zero attached hydrogens (tertiary/aromatic N) is 5. The molecule has 1 aromatic heterocycles. The molecule has 0 bridgehead atoms. The van der Waals surface area contributed by atoms with Crippen molar-refractivity contribution in [3.63, 3.8) is 0 Å². The summed E-state index contributed by atoms with van der Waals surface area (Å²) in [6.07, 6.45) is 2.26. The summed E-state index contributed by atoms with van der Waals surface area (Å²) in [5.41, 5.74) is 2.73. The molecule has 2 aromatic carbocycles. The lowest BCUT2D eigenvalue weighted by molar-refractivity contribution is -0.116. The van der Waals surface area contributed by atoms with Gasteiger partial charge in [-0.3, -0.25) is 4.79 Å². The normalized spacial score (nSPS) is 14.6. The third-order valence-corrected chi connectivity index (χ3v) is 5.23. The highest BCUT2D eigenvalue weighted by atomic mass is 16.3. The summed E-state index contributed by atoms with van der Waals surface area (Å²) in [6, 6.07) is 17.5. The van der Waals surface area contributed by atoms with E-state index < -0.39 is 0 Å². The topological polar surface area (TPSA) is 96.2 Å². The molecule has 2 N–H and O–H groups in total. The SMILES string of the molecule is O=C(CCCn1nnc(-c2ccccc2)n1)Nc1ccccc1N1CCC(O)CC1. The van der Waals surface area contributed by atoms with Crippen LogP contribution in [0, 0.1) is 0 Å². The summed E-state index contributed by atoms with van der Waals surface area (Å²) in [6.45, 7) is 2.10. The standard InChI is InChI=1S/C22H26N6O2/c29-18-12-15-27(16-13-18)20-10-5-4-9-19(20)23-21(30)11-6-14-28-25-22(24-26-28)17-7-2-1-3-8-17/h1-5,7-10,18,29H,6,11-16H2,(H,23,30). The Hall–Kier alpha value is -3.26. The number of aryl methyl sites for hydroxylation is 1. The van der Waals surface area contributed by atoms with Crippen LogP contribution in [0.15, 0.2) is 54.6 Å². The van der Waals surface area contributed by atoms with E-state index in [4.69, 9.17) is 0 Å². The minimum Gasteiger partial charge on any atom is -0.393 e. The number of tetrazole rings is 1. The average molecular weight is 406 g/mol. The fourth-order valence-electron chi connectivity index (χ4n) is 3.60. The summed E-state index contributed by atoms with van der Waals surface area (Å²) in [5.74, 6) is 0.545. The van der Waals surface area contributed by atoms with Gasteiger partial charge in [0.15, 0.2) is 0 Å². The van der Waals surface area contributed by atoms with Gasteiger partial charge in [-0.2, -0.15) is 4.80 Å². The number of hydrogen-bond donors (Lipinski definition) is 2. The fourth-order valence-corrected chi connectivity index (χ4v) is 3.60. The highest BCUT2D eigenvalue weighted by Gasteiger charge is 2.19. The number of aromatic nitrogens is 4. The maximum Gasteiger partial charge on any atom is 0.224 e. The smallest absolute Gasteiger partial charge is 0.224 e. The molecule has 1 aliphatic rings. The number of anilines is 2. The largest absolute Gasteiger partial charge is 0.393 e. The number of piperidine rings is 1. The van der Waals surface area contributed by atoms with Gasteiger partial charge < -0.3 is 15.3 Å². The second kappa shape index (κ2) is 9.49. The third-order valence-electron chi connectivity index (χ3n) is 5.23. The molecule has 0 radical (unpaired) electrons. The van der Waals surface area contributed by atoms with E-state index in [1.54, 1.807) is 0 Å². The first-order valence-electron chi connectivity index (χ1n) is 10.3. The van der Waals surface area contributed by atoms with E-state index in [-0.39, 0.29) is 12.0 Å². The van der Waals surface area contributed by atoms with Gasteiger partial charge in [-0.05, 0) is 36.6 Å². The molecule has 0 spiro atoms. The Bertz CT molecular complexity index is 967. The average Bonchev–Trinajstić information content (AvgIpc) is 3.24. The van der Waals surface area contributed by atoms with Crippen LogP contribution in [0.1, 0.15) is 25.7 Å². The number of hydrogen-bond acceptors (Lipinski definition) is 6. The van der Waals surface area contributed by atoms with Gasteiger partial charge >= 0.3 is 0 Å². The molecule has 8 nitrogen and oxygen atoms in total. The number of benzene rings is 2. The van der Waals surface area contributed by atoms with Crippen LogP contribution >= 0.6 is 0 Å². The second-order valence-electron chi connectivity index (χ2n) is 7.46. The van der Waals surface area contributed by atoms with Crippen LogP contribution in [0.5, 0.6) is 0 Å². The molecule has 1 amide bonds. The fraction of sp³-hybridized carbons (Fsp3) is 0.364. The minimum absolute atomic E-state index is 0.0390. The summed E-state index contributed by atoms with van der Waals surface area (Å²) < 4.78 is 0. The van der Waals surface area contributed by atoms with Crippen LogP contribution in [-0.2, 0) is 11.3 Å². The van der Waals surface area contributed by atoms with Crippen LogP contribution in [-0.4, -0.2) is 50.4 Å². The Morgan fingerprint density at radius 2 is 1.80 bits per heavy atom. The van der Waals surface area contributed by atoms with Crippen molar-refractivity contribution in [1.82, 2.24) is 20.2 Å². The molecule has 156 valence electrons. The molecule has 30 heavy (non-hydrogen) atoms. The van der Waals surface area contributed by atoms with Crippen molar-refractivity contribution < 1.29 is 9.90 Å². The molecule has 8 heteroatoms. The van der Waals surface area contributed by atoms with Gasteiger partial charge in [0, 0.05) is 25.1 Å². The van der Waals surface area contributed by atoms with Crippen molar-refractivity contribution in [2.75, 3.05) is 23.3 Å². The number of amides is 1. The lowest BCUT2D eigenvalue weighted by Gasteiger charge is -2.32. The first kappa shape index (κ1) is 20.0. The molecular weight excluding hydrogens is 380 g/mol. The van der Waals surface area contributed by atoms with E-state index >= 15 is 0 Å². The van der Waals surface area contributed by atoms with Crippen LogP contribution in [0.4, 0.5) is 11.4 Å². The van der Waals surface area contributed by atoms with Gasteiger partial charge in [-0.15, -0.1) is 10.2 Å². The number of rotatable bonds is 7. The number of carbonyl (C=O) groups excluding carboxylic acids is 1. The molecule has 1 saturated heterocycles. The molecule has 0 atom stereocenters. The summed E-state index contributed by atoms with van der Waals surface area (Å²) in [4.78, 5) is 16.2. The number of carbonyl (C=O) groups is 1. The summed E-state index contributed by atoms with van der Waals surface area (Å²) in [5, 5.41) is 25.3. The van der Waals surface area contributed by atoms with Crippen LogP contribution in [0.2, 0.25) is 0 Å².